The summed E-state index contributed by atoms with van der Waals surface area (Å²) in [5.74, 6) is -1.33. The van der Waals surface area contributed by atoms with Gasteiger partial charge in [0, 0.05) is 18.3 Å². The number of carbonyl (C=O) groups is 2. The van der Waals surface area contributed by atoms with Crippen molar-refractivity contribution in [3.8, 4) is 5.69 Å². The van der Waals surface area contributed by atoms with Crippen molar-refractivity contribution in [1.29, 1.82) is 0 Å². The molecule has 0 unspecified atom stereocenters. The van der Waals surface area contributed by atoms with E-state index in [-0.39, 0.29) is 16.6 Å². The fraction of sp³-hybridized carbons (Fsp3) is 0.143. The zero-order valence-electron chi connectivity index (χ0n) is 16.0. The van der Waals surface area contributed by atoms with Crippen LogP contribution in [0.5, 0.6) is 0 Å². The van der Waals surface area contributed by atoms with Crippen LogP contribution in [-0.4, -0.2) is 28.1 Å². The topological polar surface area (TPSA) is 93.1 Å². The van der Waals surface area contributed by atoms with Crippen LogP contribution in [0.1, 0.15) is 34.2 Å². The molecule has 2 amide bonds. The Morgan fingerprint density at radius 1 is 1.07 bits per heavy atom. The SMILES string of the molecule is CCCNC(=O)c1ccc(NC(=O)c2ccc(=O)n(-c3ccc(F)cc3)n2)cc1Cl. The summed E-state index contributed by atoms with van der Waals surface area (Å²) in [5, 5.41) is 9.58. The van der Waals surface area contributed by atoms with Gasteiger partial charge >= 0.3 is 0 Å². The lowest BCUT2D eigenvalue weighted by molar-refractivity contribution is 0.0953. The zero-order chi connectivity index (χ0) is 21.7. The number of nitrogens with zero attached hydrogens (tertiary/aromatic N) is 2. The van der Waals surface area contributed by atoms with Crippen molar-refractivity contribution in [3.05, 3.63) is 87.0 Å². The minimum atomic E-state index is -0.579. The Morgan fingerprint density at radius 2 is 1.80 bits per heavy atom. The molecule has 0 saturated carbocycles. The maximum absolute atomic E-state index is 13.1. The Morgan fingerprint density at radius 3 is 2.47 bits per heavy atom. The van der Waals surface area contributed by atoms with E-state index in [1.807, 2.05) is 6.92 Å². The molecule has 1 heterocycles. The van der Waals surface area contributed by atoms with Crippen molar-refractivity contribution in [3.63, 3.8) is 0 Å². The number of aromatic nitrogens is 2. The van der Waals surface area contributed by atoms with Crippen molar-refractivity contribution in [2.75, 3.05) is 11.9 Å². The quantitative estimate of drug-likeness (QED) is 0.629. The van der Waals surface area contributed by atoms with E-state index in [1.165, 1.54) is 48.5 Å². The van der Waals surface area contributed by atoms with Crippen LogP contribution in [0.3, 0.4) is 0 Å². The molecule has 3 aromatic rings. The zero-order valence-corrected chi connectivity index (χ0v) is 16.7. The van der Waals surface area contributed by atoms with Crippen molar-refractivity contribution in [2.45, 2.75) is 13.3 Å². The van der Waals surface area contributed by atoms with E-state index in [0.717, 1.165) is 11.1 Å². The van der Waals surface area contributed by atoms with Gasteiger partial charge in [0.15, 0.2) is 0 Å². The van der Waals surface area contributed by atoms with Crippen LogP contribution in [0.15, 0.2) is 59.4 Å². The molecule has 1 aromatic heterocycles. The van der Waals surface area contributed by atoms with E-state index in [1.54, 1.807) is 6.07 Å². The summed E-state index contributed by atoms with van der Waals surface area (Å²) >= 11 is 6.17. The highest BCUT2D eigenvalue weighted by atomic mass is 35.5. The number of nitrogens with one attached hydrogen (secondary N) is 2. The summed E-state index contributed by atoms with van der Waals surface area (Å²) in [5.41, 5.74) is 0.481. The van der Waals surface area contributed by atoms with Gasteiger partial charge in [0.05, 0.1) is 16.3 Å². The fourth-order valence-corrected chi connectivity index (χ4v) is 2.87. The Hall–Kier alpha value is -3.52. The smallest absolute Gasteiger partial charge is 0.276 e. The highest BCUT2D eigenvalue weighted by molar-refractivity contribution is 6.34. The monoisotopic (exact) mass is 428 g/mol. The minimum Gasteiger partial charge on any atom is -0.352 e. The number of halogens is 2. The first-order chi connectivity index (χ1) is 14.4. The molecule has 0 radical (unpaired) electrons. The molecule has 0 aliphatic heterocycles. The maximum Gasteiger partial charge on any atom is 0.276 e. The summed E-state index contributed by atoms with van der Waals surface area (Å²) in [6, 6.07) is 12.1. The molecule has 0 atom stereocenters. The third-order valence-electron chi connectivity index (χ3n) is 4.11. The van der Waals surface area contributed by atoms with Gasteiger partial charge in [-0.15, -0.1) is 0 Å². The largest absolute Gasteiger partial charge is 0.352 e. The first kappa shape index (κ1) is 21.2. The molecule has 0 saturated heterocycles. The lowest BCUT2D eigenvalue weighted by Crippen LogP contribution is -2.25. The van der Waals surface area contributed by atoms with Gasteiger partial charge in [-0.1, -0.05) is 18.5 Å². The average molecular weight is 429 g/mol. The third kappa shape index (κ3) is 4.90. The molecule has 9 heteroatoms. The highest BCUT2D eigenvalue weighted by Gasteiger charge is 2.14. The number of benzene rings is 2. The first-order valence-corrected chi connectivity index (χ1v) is 9.52. The van der Waals surface area contributed by atoms with E-state index in [0.29, 0.717) is 23.5 Å². The van der Waals surface area contributed by atoms with Gasteiger partial charge in [-0.3, -0.25) is 14.4 Å². The van der Waals surface area contributed by atoms with Gasteiger partial charge in [-0.25, -0.2) is 4.39 Å². The second-order valence-corrected chi connectivity index (χ2v) is 6.76. The molecule has 30 heavy (non-hydrogen) atoms. The van der Waals surface area contributed by atoms with E-state index >= 15 is 0 Å². The number of hydrogen-bond acceptors (Lipinski definition) is 4. The molecule has 2 N–H and O–H groups in total. The Labute approximate surface area is 176 Å². The number of hydrogen-bond donors (Lipinski definition) is 2. The van der Waals surface area contributed by atoms with Gasteiger partial charge in [-0.05, 0) is 55.0 Å². The van der Waals surface area contributed by atoms with Crippen LogP contribution in [0.2, 0.25) is 5.02 Å². The molecule has 0 aliphatic rings. The van der Waals surface area contributed by atoms with Gasteiger partial charge in [0.2, 0.25) is 0 Å². The van der Waals surface area contributed by atoms with Gasteiger partial charge in [-0.2, -0.15) is 9.78 Å². The maximum atomic E-state index is 13.1. The van der Waals surface area contributed by atoms with E-state index in [2.05, 4.69) is 15.7 Å². The number of carbonyl (C=O) groups excluding carboxylic acids is 2. The average Bonchev–Trinajstić information content (AvgIpc) is 2.73. The molecule has 0 spiro atoms. The summed E-state index contributed by atoms with van der Waals surface area (Å²) < 4.78 is 14.1. The Bertz CT molecular complexity index is 1150. The second-order valence-electron chi connectivity index (χ2n) is 6.35. The lowest BCUT2D eigenvalue weighted by Gasteiger charge is -2.10. The van der Waals surface area contributed by atoms with Crippen molar-refractivity contribution < 1.29 is 14.0 Å². The molecule has 154 valence electrons. The van der Waals surface area contributed by atoms with Crippen LogP contribution in [0.4, 0.5) is 10.1 Å². The van der Waals surface area contributed by atoms with Crippen LogP contribution in [0, 0.1) is 5.82 Å². The van der Waals surface area contributed by atoms with Gasteiger partial charge in [0.25, 0.3) is 17.4 Å². The minimum absolute atomic E-state index is 0.0280. The summed E-state index contributed by atoms with van der Waals surface area (Å²) in [4.78, 5) is 36.7. The lowest BCUT2D eigenvalue weighted by atomic mass is 10.2. The Balaban J connectivity index is 1.80. The molecule has 0 fully saturated rings. The summed E-state index contributed by atoms with van der Waals surface area (Å²) in [7, 11) is 0. The van der Waals surface area contributed by atoms with Crippen molar-refractivity contribution in [1.82, 2.24) is 15.1 Å². The van der Waals surface area contributed by atoms with Crippen LogP contribution in [0.25, 0.3) is 5.69 Å². The predicted octanol–water partition coefficient (Wildman–Crippen LogP) is 3.42. The number of rotatable bonds is 6. The van der Waals surface area contributed by atoms with Crippen LogP contribution >= 0.6 is 11.6 Å². The van der Waals surface area contributed by atoms with E-state index in [4.69, 9.17) is 11.6 Å². The predicted molar refractivity (Wildman–Crippen MR) is 112 cm³/mol. The van der Waals surface area contributed by atoms with Crippen molar-refractivity contribution >= 4 is 29.1 Å². The molecule has 0 aliphatic carbocycles. The normalized spacial score (nSPS) is 10.5. The summed E-state index contributed by atoms with van der Waals surface area (Å²) in [6.45, 7) is 2.47. The van der Waals surface area contributed by atoms with Gasteiger partial charge in [0.1, 0.15) is 11.5 Å². The number of amides is 2. The Kier molecular flexibility index (Phi) is 6.58. The van der Waals surface area contributed by atoms with Crippen molar-refractivity contribution in [2.24, 2.45) is 0 Å². The molecule has 2 aromatic carbocycles. The van der Waals surface area contributed by atoms with Gasteiger partial charge < -0.3 is 10.6 Å². The number of anilines is 1. The third-order valence-corrected chi connectivity index (χ3v) is 4.42. The first-order valence-electron chi connectivity index (χ1n) is 9.14. The fourth-order valence-electron chi connectivity index (χ4n) is 2.61. The molecule has 0 bridgehead atoms. The van der Waals surface area contributed by atoms with E-state index < -0.39 is 17.3 Å². The highest BCUT2D eigenvalue weighted by Crippen LogP contribution is 2.21. The molecule has 3 rings (SSSR count). The van der Waals surface area contributed by atoms with Crippen LogP contribution in [-0.2, 0) is 0 Å². The second kappa shape index (κ2) is 9.32. The molecular formula is C21H18ClFN4O3. The summed E-state index contributed by atoms with van der Waals surface area (Å²) in [6.07, 6.45) is 0.796. The van der Waals surface area contributed by atoms with E-state index in [9.17, 15) is 18.8 Å². The molecule has 7 nitrogen and oxygen atoms in total. The molecular weight excluding hydrogens is 411 g/mol. The van der Waals surface area contributed by atoms with Crippen LogP contribution < -0.4 is 16.2 Å². The standard InChI is InChI=1S/C21H18ClFN4O3/c1-2-11-24-20(29)16-8-5-14(12-17(16)22)25-21(30)18-9-10-19(28)27(26-18)15-6-3-13(23)4-7-15/h3-10,12H,2,11H2,1H3,(H,24,29)(H,25,30).